The van der Waals surface area contributed by atoms with Crippen molar-refractivity contribution in [1.29, 1.82) is 0 Å². The summed E-state index contributed by atoms with van der Waals surface area (Å²) in [6, 6.07) is 7.50. The zero-order valence-corrected chi connectivity index (χ0v) is 15.3. The van der Waals surface area contributed by atoms with Gasteiger partial charge >= 0.3 is 0 Å². The van der Waals surface area contributed by atoms with E-state index in [4.69, 9.17) is 0 Å². The Hall–Kier alpha value is -1.48. The summed E-state index contributed by atoms with van der Waals surface area (Å²) in [4.78, 5) is 14.4. The number of rotatable bonds is 6. The quantitative estimate of drug-likeness (QED) is 0.786. The van der Waals surface area contributed by atoms with Crippen LogP contribution >= 0.6 is 0 Å². The average molecular weight is 354 g/mol. The van der Waals surface area contributed by atoms with Crippen LogP contribution in [-0.4, -0.2) is 62.8 Å². The predicted octanol–water partition coefficient (Wildman–Crippen LogP) is 0.658. The molecule has 1 aliphatic rings. The lowest BCUT2D eigenvalue weighted by Crippen LogP contribution is -2.55. The number of hydrogen-bond acceptors (Lipinski definition) is 4. The Morgan fingerprint density at radius 1 is 1.17 bits per heavy atom. The first kappa shape index (κ1) is 18.9. The number of nitrogens with one attached hydrogen (secondary N) is 2. The first-order chi connectivity index (χ1) is 11.4. The largest absolute Gasteiger partial charge is 0.325 e. The minimum absolute atomic E-state index is 0.0795. The fourth-order valence-corrected chi connectivity index (χ4v) is 3.60. The summed E-state index contributed by atoms with van der Waals surface area (Å²) >= 11 is 0. The maximum absolute atomic E-state index is 12.4. The third-order valence-corrected chi connectivity index (χ3v) is 5.99. The van der Waals surface area contributed by atoms with Crippen molar-refractivity contribution >= 4 is 21.8 Å². The summed E-state index contributed by atoms with van der Waals surface area (Å²) < 4.78 is 27.3. The average Bonchev–Trinajstić information content (AvgIpc) is 2.61. The van der Waals surface area contributed by atoms with Crippen LogP contribution in [0.25, 0.3) is 0 Å². The van der Waals surface area contributed by atoms with E-state index in [1.165, 1.54) is 16.9 Å². The van der Waals surface area contributed by atoms with E-state index in [1.807, 2.05) is 36.1 Å². The van der Waals surface area contributed by atoms with Crippen LogP contribution in [0.2, 0.25) is 0 Å². The lowest BCUT2D eigenvalue weighted by atomic mass is 10.1. The Morgan fingerprint density at radius 3 is 2.25 bits per heavy atom. The number of anilines is 1. The van der Waals surface area contributed by atoms with Gasteiger partial charge in [-0.3, -0.25) is 9.69 Å². The summed E-state index contributed by atoms with van der Waals surface area (Å²) in [6.07, 6.45) is 0.963. The predicted molar refractivity (Wildman–Crippen MR) is 95.0 cm³/mol. The maximum atomic E-state index is 12.4. The number of piperazine rings is 1. The summed E-state index contributed by atoms with van der Waals surface area (Å²) in [5, 5.41) is 2.92. The van der Waals surface area contributed by atoms with Crippen LogP contribution in [-0.2, 0) is 21.4 Å². The second-order valence-electron chi connectivity index (χ2n) is 5.86. The van der Waals surface area contributed by atoms with Gasteiger partial charge < -0.3 is 5.32 Å². The van der Waals surface area contributed by atoms with E-state index in [9.17, 15) is 13.2 Å². The van der Waals surface area contributed by atoms with Gasteiger partial charge in [0, 0.05) is 38.9 Å². The summed E-state index contributed by atoms with van der Waals surface area (Å²) in [6.45, 7) is 5.76. The number of hydrogen-bond donors (Lipinski definition) is 2. The monoisotopic (exact) mass is 354 g/mol. The second-order valence-corrected chi connectivity index (χ2v) is 7.73. The van der Waals surface area contributed by atoms with Crippen molar-refractivity contribution in [1.82, 2.24) is 13.9 Å². The highest BCUT2D eigenvalue weighted by Gasteiger charge is 2.30. The minimum Gasteiger partial charge on any atom is -0.325 e. The molecule has 0 unspecified atom stereocenters. The summed E-state index contributed by atoms with van der Waals surface area (Å²) in [7, 11) is -1.99. The molecule has 1 heterocycles. The van der Waals surface area contributed by atoms with Gasteiger partial charge in [0.2, 0.25) is 5.91 Å². The number of nitrogens with zero attached hydrogens (tertiary/aromatic N) is 2. The molecule has 1 fully saturated rings. The number of carbonyl (C=O) groups excluding carboxylic acids is 1. The van der Waals surface area contributed by atoms with Crippen LogP contribution in [0.4, 0.5) is 5.69 Å². The van der Waals surface area contributed by atoms with Gasteiger partial charge in [-0.2, -0.15) is 12.7 Å². The Morgan fingerprint density at radius 2 is 1.75 bits per heavy atom. The summed E-state index contributed by atoms with van der Waals surface area (Å²) in [5.41, 5.74) is 2.00. The normalized spacial score (nSPS) is 18.3. The molecule has 1 amide bonds. The minimum atomic E-state index is -3.39. The van der Waals surface area contributed by atoms with E-state index >= 15 is 0 Å². The van der Waals surface area contributed by atoms with Gasteiger partial charge in [0.15, 0.2) is 0 Å². The lowest BCUT2D eigenvalue weighted by Gasteiger charge is -2.36. The zero-order valence-electron chi connectivity index (χ0n) is 14.4. The van der Waals surface area contributed by atoms with E-state index in [-0.39, 0.29) is 11.9 Å². The van der Waals surface area contributed by atoms with Crippen molar-refractivity contribution in [3.05, 3.63) is 29.8 Å². The van der Waals surface area contributed by atoms with Crippen LogP contribution in [0.15, 0.2) is 24.3 Å². The summed E-state index contributed by atoms with van der Waals surface area (Å²) in [5.74, 6) is -0.0795. The second kappa shape index (κ2) is 8.06. The first-order valence-corrected chi connectivity index (χ1v) is 9.64. The third-order valence-electron chi connectivity index (χ3n) is 4.43. The molecule has 0 bridgehead atoms. The smallest absolute Gasteiger partial charge is 0.279 e. The highest BCUT2D eigenvalue weighted by molar-refractivity contribution is 7.87. The fourth-order valence-electron chi connectivity index (χ4n) is 2.70. The number of benzene rings is 1. The van der Waals surface area contributed by atoms with Gasteiger partial charge in [-0.05, 0) is 31.0 Å². The molecule has 1 aliphatic heterocycles. The van der Waals surface area contributed by atoms with Crippen LogP contribution in [0.5, 0.6) is 0 Å². The maximum Gasteiger partial charge on any atom is 0.279 e. The Kier molecular flexibility index (Phi) is 6.34. The van der Waals surface area contributed by atoms with Gasteiger partial charge in [0.1, 0.15) is 0 Å². The molecular weight excluding hydrogens is 328 g/mol. The van der Waals surface area contributed by atoms with E-state index in [0.717, 1.165) is 12.1 Å². The molecule has 0 aromatic heterocycles. The number of amides is 1. The molecule has 8 heteroatoms. The number of aryl methyl sites for hydroxylation is 1. The molecule has 2 rings (SSSR count). The molecule has 134 valence electrons. The molecule has 1 aromatic carbocycles. The zero-order chi connectivity index (χ0) is 17.7. The molecule has 0 radical (unpaired) electrons. The van der Waals surface area contributed by atoms with Gasteiger partial charge in [0.05, 0.1) is 6.04 Å². The van der Waals surface area contributed by atoms with E-state index < -0.39 is 10.2 Å². The molecule has 0 aliphatic carbocycles. The van der Waals surface area contributed by atoms with Crippen LogP contribution in [0, 0.1) is 0 Å². The Balaban J connectivity index is 1.89. The third kappa shape index (κ3) is 4.54. The van der Waals surface area contributed by atoms with E-state index in [1.54, 1.807) is 0 Å². The van der Waals surface area contributed by atoms with Crippen molar-refractivity contribution in [2.45, 2.75) is 26.3 Å². The SMILES string of the molecule is CCc1ccc(NC(=O)[C@@H](C)N2CCN(S(=O)(=O)NC)CC2)cc1. The highest BCUT2D eigenvalue weighted by Crippen LogP contribution is 2.13. The topological polar surface area (TPSA) is 81.8 Å². The van der Waals surface area contributed by atoms with Crippen molar-refractivity contribution in [2.24, 2.45) is 0 Å². The van der Waals surface area contributed by atoms with Crippen LogP contribution in [0.3, 0.4) is 0 Å². The van der Waals surface area contributed by atoms with Crippen LogP contribution < -0.4 is 10.0 Å². The lowest BCUT2D eigenvalue weighted by molar-refractivity contribution is -0.121. The standard InChI is InChI=1S/C16H26N4O3S/c1-4-14-5-7-15(8-6-14)18-16(21)13(2)19-9-11-20(12-10-19)24(22,23)17-3/h5-8,13,17H,4,9-12H2,1-3H3,(H,18,21)/t13-/m1/s1. The molecular formula is C16H26N4O3S. The number of carbonyl (C=O) groups is 1. The molecule has 1 saturated heterocycles. The van der Waals surface area contributed by atoms with Gasteiger partial charge in [-0.15, -0.1) is 0 Å². The Bertz CT molecular complexity index is 652. The van der Waals surface area contributed by atoms with Gasteiger partial charge in [-0.25, -0.2) is 4.72 Å². The molecule has 24 heavy (non-hydrogen) atoms. The van der Waals surface area contributed by atoms with Crippen molar-refractivity contribution in [3.63, 3.8) is 0 Å². The fraction of sp³-hybridized carbons (Fsp3) is 0.562. The van der Waals surface area contributed by atoms with Crippen molar-refractivity contribution in [2.75, 3.05) is 38.5 Å². The van der Waals surface area contributed by atoms with Gasteiger partial charge in [0.25, 0.3) is 10.2 Å². The van der Waals surface area contributed by atoms with E-state index in [2.05, 4.69) is 17.0 Å². The van der Waals surface area contributed by atoms with E-state index in [0.29, 0.717) is 26.2 Å². The van der Waals surface area contributed by atoms with Crippen molar-refractivity contribution in [3.8, 4) is 0 Å². The molecule has 1 atom stereocenters. The molecule has 0 saturated carbocycles. The molecule has 0 spiro atoms. The molecule has 7 nitrogen and oxygen atoms in total. The van der Waals surface area contributed by atoms with Crippen LogP contribution in [0.1, 0.15) is 19.4 Å². The Labute approximate surface area is 144 Å². The molecule has 1 aromatic rings. The molecule has 2 N–H and O–H groups in total. The first-order valence-electron chi connectivity index (χ1n) is 8.20. The highest BCUT2D eigenvalue weighted by atomic mass is 32.2. The van der Waals surface area contributed by atoms with Crippen molar-refractivity contribution < 1.29 is 13.2 Å². The van der Waals surface area contributed by atoms with Gasteiger partial charge in [-0.1, -0.05) is 19.1 Å².